The van der Waals surface area contributed by atoms with E-state index in [1.54, 1.807) is 0 Å². The maximum Gasteiger partial charge on any atom is 0.295 e. The molecule has 1 N–H and O–H groups in total. The zero-order valence-corrected chi connectivity index (χ0v) is 13.2. The first kappa shape index (κ1) is 17.3. The van der Waals surface area contributed by atoms with E-state index in [9.17, 15) is 27.7 Å². The highest BCUT2D eigenvalue weighted by Gasteiger charge is 2.35. The summed E-state index contributed by atoms with van der Waals surface area (Å²) in [6, 6.07) is 1.84. The molecule has 8 nitrogen and oxygen atoms in total. The average molecular weight is 345 g/mol. The predicted molar refractivity (Wildman–Crippen MR) is 80.9 cm³/mol. The van der Waals surface area contributed by atoms with Crippen molar-refractivity contribution in [2.24, 2.45) is 0 Å². The number of piperidine rings is 1. The summed E-state index contributed by atoms with van der Waals surface area (Å²) in [5.41, 5.74) is -0.750. The van der Waals surface area contributed by atoms with Crippen LogP contribution in [0.5, 0.6) is 0 Å². The molecule has 0 saturated carbocycles. The van der Waals surface area contributed by atoms with Crippen LogP contribution in [0.4, 0.5) is 15.8 Å². The molecule has 0 spiro atoms. The Morgan fingerprint density at radius 3 is 2.74 bits per heavy atom. The molecule has 1 heterocycles. The summed E-state index contributed by atoms with van der Waals surface area (Å²) in [5, 5.41) is 13.3. The second kappa shape index (κ2) is 6.59. The molecular weight excluding hydrogens is 329 g/mol. The Hall–Kier alpha value is -2.07. The van der Waals surface area contributed by atoms with E-state index >= 15 is 0 Å². The Morgan fingerprint density at radius 2 is 2.13 bits per heavy atom. The van der Waals surface area contributed by atoms with Gasteiger partial charge in [0.15, 0.2) is 0 Å². The molecule has 0 radical (unpaired) electrons. The minimum absolute atomic E-state index is 0.166. The predicted octanol–water partition coefficient (Wildman–Crippen LogP) is 1.49. The van der Waals surface area contributed by atoms with Crippen molar-refractivity contribution in [1.29, 1.82) is 0 Å². The number of carbonyl (C=O) groups is 1. The van der Waals surface area contributed by atoms with Gasteiger partial charge in [-0.2, -0.15) is 4.31 Å². The molecule has 0 aromatic heterocycles. The van der Waals surface area contributed by atoms with Crippen molar-refractivity contribution in [2.75, 3.05) is 18.1 Å². The highest BCUT2D eigenvalue weighted by molar-refractivity contribution is 7.88. The number of hydrogen-bond acceptors (Lipinski definition) is 5. The summed E-state index contributed by atoms with van der Waals surface area (Å²) >= 11 is 0. The Labute approximate surface area is 132 Å². The van der Waals surface area contributed by atoms with Gasteiger partial charge in [0.25, 0.3) is 5.69 Å². The van der Waals surface area contributed by atoms with Crippen LogP contribution in [0.25, 0.3) is 0 Å². The number of halogens is 1. The molecule has 1 fully saturated rings. The smallest absolute Gasteiger partial charge is 0.295 e. The maximum atomic E-state index is 13.1. The number of nitrogens with zero attached hydrogens (tertiary/aromatic N) is 2. The lowest BCUT2D eigenvalue weighted by molar-refractivity contribution is -0.384. The van der Waals surface area contributed by atoms with Crippen LogP contribution in [0.2, 0.25) is 0 Å². The van der Waals surface area contributed by atoms with Gasteiger partial charge in [-0.05, 0) is 25.0 Å². The molecule has 2 rings (SSSR count). The third-order valence-electron chi connectivity index (χ3n) is 3.60. The lowest BCUT2D eigenvalue weighted by Crippen LogP contribution is -2.49. The number of amides is 1. The van der Waals surface area contributed by atoms with Crippen molar-refractivity contribution < 1.29 is 22.5 Å². The van der Waals surface area contributed by atoms with Crippen LogP contribution in [0.3, 0.4) is 0 Å². The Morgan fingerprint density at radius 1 is 1.43 bits per heavy atom. The largest absolute Gasteiger partial charge is 0.319 e. The summed E-state index contributed by atoms with van der Waals surface area (Å²) < 4.78 is 37.7. The summed E-state index contributed by atoms with van der Waals surface area (Å²) in [5.74, 6) is -1.46. The zero-order valence-electron chi connectivity index (χ0n) is 12.4. The van der Waals surface area contributed by atoms with Crippen LogP contribution >= 0.6 is 0 Å². The van der Waals surface area contributed by atoms with Gasteiger partial charge < -0.3 is 5.32 Å². The first-order chi connectivity index (χ1) is 10.7. The lowest BCUT2D eigenvalue weighted by atomic mass is 10.0. The van der Waals surface area contributed by atoms with Gasteiger partial charge in [0.2, 0.25) is 15.9 Å². The standard InChI is InChI=1S/C13H16FN3O5S/c1-23(21,22)16-7-3-2-4-11(16)13(18)15-10-6-5-9(14)8-12(10)17(19)20/h5-6,8,11H,2-4,7H2,1H3,(H,15,18)/t11-/m1/s1. The molecule has 1 aliphatic heterocycles. The van der Waals surface area contributed by atoms with Crippen molar-refractivity contribution >= 4 is 27.3 Å². The molecule has 0 unspecified atom stereocenters. The fraction of sp³-hybridized carbons (Fsp3) is 0.462. The molecule has 1 atom stereocenters. The summed E-state index contributed by atoms with van der Waals surface area (Å²) in [4.78, 5) is 22.5. The van der Waals surface area contributed by atoms with E-state index < -0.39 is 38.4 Å². The van der Waals surface area contributed by atoms with Crippen LogP contribution in [0.1, 0.15) is 19.3 Å². The topological polar surface area (TPSA) is 110 Å². The number of hydrogen-bond donors (Lipinski definition) is 1. The first-order valence-electron chi connectivity index (χ1n) is 6.92. The van der Waals surface area contributed by atoms with Crippen LogP contribution in [0.15, 0.2) is 18.2 Å². The molecule has 1 aromatic rings. The van der Waals surface area contributed by atoms with Gasteiger partial charge in [-0.3, -0.25) is 14.9 Å². The molecule has 1 amide bonds. The molecule has 23 heavy (non-hydrogen) atoms. The minimum atomic E-state index is -3.57. The number of anilines is 1. The molecule has 0 aliphatic carbocycles. The van der Waals surface area contributed by atoms with Crippen molar-refractivity contribution in [3.63, 3.8) is 0 Å². The fourth-order valence-corrected chi connectivity index (χ4v) is 3.67. The second-order valence-corrected chi connectivity index (χ2v) is 7.23. The van der Waals surface area contributed by atoms with Crippen molar-refractivity contribution in [3.05, 3.63) is 34.1 Å². The van der Waals surface area contributed by atoms with E-state index in [0.717, 1.165) is 22.7 Å². The van der Waals surface area contributed by atoms with E-state index in [1.165, 1.54) is 0 Å². The van der Waals surface area contributed by atoms with Gasteiger partial charge in [0.1, 0.15) is 17.5 Å². The van der Waals surface area contributed by atoms with Crippen LogP contribution in [0, 0.1) is 15.9 Å². The number of sulfonamides is 1. The minimum Gasteiger partial charge on any atom is -0.319 e. The number of nitro benzene ring substituents is 1. The Bertz CT molecular complexity index is 737. The Kier molecular flexibility index (Phi) is 4.95. The van der Waals surface area contributed by atoms with Crippen LogP contribution in [-0.2, 0) is 14.8 Å². The fourth-order valence-electron chi connectivity index (χ4n) is 2.54. The lowest BCUT2D eigenvalue weighted by Gasteiger charge is -2.32. The highest BCUT2D eigenvalue weighted by Crippen LogP contribution is 2.27. The summed E-state index contributed by atoms with van der Waals surface area (Å²) in [6.45, 7) is 0.225. The third-order valence-corrected chi connectivity index (χ3v) is 4.89. The van der Waals surface area contributed by atoms with Gasteiger partial charge >= 0.3 is 0 Å². The number of nitrogens with one attached hydrogen (secondary N) is 1. The SMILES string of the molecule is CS(=O)(=O)N1CCCC[C@@H]1C(=O)Nc1ccc(F)cc1[N+](=O)[O-]. The van der Waals surface area contributed by atoms with E-state index in [-0.39, 0.29) is 12.2 Å². The molecule has 10 heteroatoms. The van der Waals surface area contributed by atoms with Gasteiger partial charge in [-0.1, -0.05) is 6.42 Å². The highest BCUT2D eigenvalue weighted by atomic mass is 32.2. The van der Waals surface area contributed by atoms with E-state index in [4.69, 9.17) is 0 Å². The van der Waals surface area contributed by atoms with Crippen LogP contribution in [-0.4, -0.2) is 42.4 Å². The number of carbonyl (C=O) groups excluding carboxylic acids is 1. The molecule has 1 saturated heterocycles. The summed E-state index contributed by atoms with van der Waals surface area (Å²) in [7, 11) is -3.57. The van der Waals surface area contributed by atoms with E-state index in [1.807, 2.05) is 0 Å². The monoisotopic (exact) mass is 345 g/mol. The number of rotatable bonds is 4. The van der Waals surface area contributed by atoms with Crippen molar-refractivity contribution in [2.45, 2.75) is 25.3 Å². The zero-order chi connectivity index (χ0) is 17.2. The van der Waals surface area contributed by atoms with Gasteiger partial charge in [0, 0.05) is 6.54 Å². The first-order valence-corrected chi connectivity index (χ1v) is 8.76. The third kappa shape index (κ3) is 4.02. The van der Waals surface area contributed by atoms with Crippen LogP contribution < -0.4 is 5.32 Å². The quantitative estimate of drug-likeness (QED) is 0.657. The number of nitro groups is 1. The maximum absolute atomic E-state index is 13.1. The summed E-state index contributed by atoms with van der Waals surface area (Å²) in [6.07, 6.45) is 2.66. The average Bonchev–Trinajstić information content (AvgIpc) is 2.48. The van der Waals surface area contributed by atoms with Gasteiger partial charge in [-0.15, -0.1) is 0 Å². The molecule has 0 bridgehead atoms. The Balaban J connectivity index is 2.26. The van der Waals surface area contributed by atoms with Crippen molar-refractivity contribution in [1.82, 2.24) is 4.31 Å². The molecule has 1 aliphatic rings. The van der Waals surface area contributed by atoms with E-state index in [2.05, 4.69) is 5.32 Å². The van der Waals surface area contributed by atoms with E-state index in [0.29, 0.717) is 25.3 Å². The normalized spacial score (nSPS) is 19.3. The molecule has 1 aromatic carbocycles. The van der Waals surface area contributed by atoms with Gasteiger partial charge in [0.05, 0.1) is 17.2 Å². The molecule has 126 valence electrons. The molecular formula is C13H16FN3O5S. The number of benzene rings is 1. The second-order valence-electron chi connectivity index (χ2n) is 5.29. The van der Waals surface area contributed by atoms with Gasteiger partial charge in [-0.25, -0.2) is 12.8 Å². The van der Waals surface area contributed by atoms with Crippen molar-refractivity contribution in [3.8, 4) is 0 Å².